The van der Waals surface area contributed by atoms with Gasteiger partial charge in [-0.05, 0) is 12.8 Å². The van der Waals surface area contributed by atoms with Crippen LogP contribution in [-0.2, 0) is 4.74 Å². The second-order valence-electron chi connectivity index (χ2n) is 4.86. The van der Waals surface area contributed by atoms with Gasteiger partial charge < -0.3 is 14.9 Å². The Morgan fingerprint density at radius 3 is 2.44 bits per heavy atom. The van der Waals surface area contributed by atoms with Crippen molar-refractivity contribution in [2.45, 2.75) is 19.0 Å². The first kappa shape index (κ1) is 15.7. The van der Waals surface area contributed by atoms with Crippen molar-refractivity contribution in [1.82, 2.24) is 4.90 Å². The van der Waals surface area contributed by atoms with Gasteiger partial charge in [0, 0.05) is 25.1 Å². The molecule has 0 saturated carbocycles. The molecule has 7 heteroatoms. The molecule has 1 fully saturated rings. The number of ether oxygens (including phenoxy) is 1. The van der Waals surface area contributed by atoms with E-state index in [9.17, 15) is 18.3 Å². The summed E-state index contributed by atoms with van der Waals surface area (Å²) in [7, 11) is 0. The molecule has 108 valence electrons. The molecule has 0 aromatic heterocycles. The number of aliphatic hydroxyl groups excluding tert-OH is 2. The second-order valence-corrected chi connectivity index (χ2v) is 4.86. The summed E-state index contributed by atoms with van der Waals surface area (Å²) in [6, 6.07) is 0. The smallest absolute Gasteiger partial charge is 0.396 e. The first-order valence-corrected chi connectivity index (χ1v) is 5.99. The Bertz CT molecular complexity index is 242. The van der Waals surface area contributed by atoms with Gasteiger partial charge in [-0.1, -0.05) is 0 Å². The predicted octanol–water partition coefficient (Wildman–Crippen LogP) is 0.632. The molecule has 1 saturated heterocycles. The highest BCUT2D eigenvalue weighted by Gasteiger charge is 2.38. The van der Waals surface area contributed by atoms with E-state index in [1.54, 1.807) is 0 Å². The molecule has 1 heterocycles. The van der Waals surface area contributed by atoms with E-state index in [1.165, 1.54) is 0 Å². The quantitative estimate of drug-likeness (QED) is 0.744. The van der Waals surface area contributed by atoms with Gasteiger partial charge >= 0.3 is 6.18 Å². The molecule has 4 nitrogen and oxygen atoms in total. The third-order valence-electron chi connectivity index (χ3n) is 3.12. The second kappa shape index (κ2) is 6.70. The van der Waals surface area contributed by atoms with Crippen LogP contribution in [0.4, 0.5) is 13.2 Å². The van der Waals surface area contributed by atoms with E-state index in [4.69, 9.17) is 9.84 Å². The number of alkyl halides is 3. The maximum Gasteiger partial charge on any atom is 0.401 e. The Morgan fingerprint density at radius 2 is 2.00 bits per heavy atom. The summed E-state index contributed by atoms with van der Waals surface area (Å²) in [5.41, 5.74) is -0.640. The van der Waals surface area contributed by atoms with E-state index in [-0.39, 0.29) is 32.9 Å². The highest BCUT2D eigenvalue weighted by Crippen LogP contribution is 2.30. The molecule has 2 N–H and O–H groups in total. The van der Waals surface area contributed by atoms with Gasteiger partial charge in [0.1, 0.15) is 0 Å². The van der Waals surface area contributed by atoms with Crippen LogP contribution in [0.3, 0.4) is 0 Å². The van der Waals surface area contributed by atoms with Crippen molar-refractivity contribution < 1.29 is 28.1 Å². The van der Waals surface area contributed by atoms with Crippen LogP contribution in [-0.4, -0.2) is 67.4 Å². The fourth-order valence-corrected chi connectivity index (χ4v) is 2.29. The van der Waals surface area contributed by atoms with Crippen LogP contribution in [0.25, 0.3) is 0 Å². The highest BCUT2D eigenvalue weighted by atomic mass is 19.4. The average molecular weight is 271 g/mol. The first-order valence-electron chi connectivity index (χ1n) is 5.99. The number of aliphatic hydroxyl groups is 2. The molecule has 0 aromatic carbocycles. The summed E-state index contributed by atoms with van der Waals surface area (Å²) >= 11 is 0. The summed E-state index contributed by atoms with van der Waals surface area (Å²) in [5, 5.41) is 18.2. The van der Waals surface area contributed by atoms with Gasteiger partial charge in [-0.15, -0.1) is 0 Å². The SMILES string of the molecule is OCCN(CC(F)(F)F)CC1(CO)CCCOC1. The number of rotatable bonds is 6. The highest BCUT2D eigenvalue weighted by molar-refractivity contribution is 4.85. The van der Waals surface area contributed by atoms with E-state index in [0.29, 0.717) is 13.0 Å². The molecule has 0 aromatic rings. The van der Waals surface area contributed by atoms with Crippen LogP contribution in [0, 0.1) is 5.41 Å². The van der Waals surface area contributed by atoms with Crippen molar-refractivity contribution in [2.24, 2.45) is 5.41 Å². The molecule has 18 heavy (non-hydrogen) atoms. The fourth-order valence-electron chi connectivity index (χ4n) is 2.29. The van der Waals surface area contributed by atoms with E-state index in [1.807, 2.05) is 0 Å². The van der Waals surface area contributed by atoms with Crippen LogP contribution >= 0.6 is 0 Å². The molecular weight excluding hydrogens is 251 g/mol. The molecule has 1 aliphatic heterocycles. The normalized spacial score (nSPS) is 25.7. The maximum atomic E-state index is 12.4. The van der Waals surface area contributed by atoms with Crippen LogP contribution in [0.15, 0.2) is 0 Å². The van der Waals surface area contributed by atoms with Gasteiger partial charge in [0.2, 0.25) is 0 Å². The number of nitrogens with zero attached hydrogens (tertiary/aromatic N) is 1. The third kappa shape index (κ3) is 5.09. The van der Waals surface area contributed by atoms with E-state index in [2.05, 4.69) is 0 Å². The average Bonchev–Trinajstić information content (AvgIpc) is 2.28. The number of hydrogen-bond acceptors (Lipinski definition) is 4. The van der Waals surface area contributed by atoms with Gasteiger partial charge in [-0.2, -0.15) is 13.2 Å². The Kier molecular flexibility index (Phi) is 5.84. The topological polar surface area (TPSA) is 52.9 Å². The van der Waals surface area contributed by atoms with Gasteiger partial charge in [0.15, 0.2) is 0 Å². The first-order chi connectivity index (χ1) is 8.41. The zero-order valence-corrected chi connectivity index (χ0v) is 10.2. The molecular formula is C11H20F3NO3. The van der Waals surface area contributed by atoms with Crippen LogP contribution in [0.2, 0.25) is 0 Å². The molecule has 0 amide bonds. The molecule has 0 aliphatic carbocycles. The lowest BCUT2D eigenvalue weighted by Gasteiger charge is -2.39. The summed E-state index contributed by atoms with van der Waals surface area (Å²) in [4.78, 5) is 1.13. The van der Waals surface area contributed by atoms with Crippen LogP contribution in [0.1, 0.15) is 12.8 Å². The minimum atomic E-state index is -4.30. The maximum absolute atomic E-state index is 12.4. The van der Waals surface area contributed by atoms with E-state index in [0.717, 1.165) is 11.3 Å². The van der Waals surface area contributed by atoms with Crippen molar-refractivity contribution in [2.75, 3.05) is 46.1 Å². The lowest BCUT2D eigenvalue weighted by molar-refractivity contribution is -0.155. The lowest BCUT2D eigenvalue weighted by atomic mass is 9.82. The van der Waals surface area contributed by atoms with Gasteiger partial charge in [0.25, 0.3) is 0 Å². The number of halogens is 3. The Hall–Kier alpha value is -0.370. The molecule has 1 atom stereocenters. The summed E-state index contributed by atoms with van der Waals surface area (Å²) in [5.74, 6) is 0. The zero-order chi connectivity index (χ0) is 13.6. The zero-order valence-electron chi connectivity index (χ0n) is 10.2. The molecule has 1 rings (SSSR count). The Balaban J connectivity index is 2.62. The molecule has 1 unspecified atom stereocenters. The molecule has 0 radical (unpaired) electrons. The Labute approximate surface area is 104 Å². The van der Waals surface area contributed by atoms with Crippen molar-refractivity contribution in [1.29, 1.82) is 0 Å². The van der Waals surface area contributed by atoms with Crippen molar-refractivity contribution in [3.05, 3.63) is 0 Å². The molecule has 1 aliphatic rings. The van der Waals surface area contributed by atoms with Crippen LogP contribution in [0.5, 0.6) is 0 Å². The van der Waals surface area contributed by atoms with Crippen molar-refractivity contribution in [3.8, 4) is 0 Å². The Morgan fingerprint density at radius 1 is 1.28 bits per heavy atom. The summed E-state index contributed by atoms with van der Waals surface area (Å²) in [6.45, 7) is -0.727. The summed E-state index contributed by atoms with van der Waals surface area (Å²) < 4.78 is 42.4. The van der Waals surface area contributed by atoms with Gasteiger partial charge in [-0.3, -0.25) is 4.90 Å². The van der Waals surface area contributed by atoms with Gasteiger partial charge in [-0.25, -0.2) is 0 Å². The van der Waals surface area contributed by atoms with Gasteiger partial charge in [0.05, 0.1) is 26.4 Å². The largest absolute Gasteiger partial charge is 0.401 e. The molecule has 0 spiro atoms. The predicted molar refractivity (Wildman–Crippen MR) is 59.2 cm³/mol. The van der Waals surface area contributed by atoms with E-state index >= 15 is 0 Å². The standard InChI is InChI=1S/C11H20F3NO3/c12-11(13,14)7-15(3-4-16)6-10(8-17)2-1-5-18-9-10/h16-17H,1-9H2. The fraction of sp³-hybridized carbons (Fsp3) is 1.00. The van der Waals surface area contributed by atoms with E-state index < -0.39 is 18.1 Å². The number of hydrogen-bond donors (Lipinski definition) is 2. The summed E-state index contributed by atoms with van der Waals surface area (Å²) in [6.07, 6.45) is -2.93. The minimum absolute atomic E-state index is 0.0543. The lowest BCUT2D eigenvalue weighted by Crippen LogP contribution is -2.48. The van der Waals surface area contributed by atoms with Crippen molar-refractivity contribution >= 4 is 0 Å². The molecule has 0 bridgehead atoms. The third-order valence-corrected chi connectivity index (χ3v) is 3.12. The van der Waals surface area contributed by atoms with Crippen LogP contribution < -0.4 is 0 Å². The van der Waals surface area contributed by atoms with Crippen molar-refractivity contribution in [3.63, 3.8) is 0 Å². The monoisotopic (exact) mass is 271 g/mol. The minimum Gasteiger partial charge on any atom is -0.396 e.